The van der Waals surface area contributed by atoms with Gasteiger partial charge in [-0.2, -0.15) is 0 Å². The van der Waals surface area contributed by atoms with Crippen molar-refractivity contribution >= 4 is 45.6 Å². The van der Waals surface area contributed by atoms with E-state index in [4.69, 9.17) is 21.1 Å². The lowest BCUT2D eigenvalue weighted by Gasteiger charge is -2.50. The van der Waals surface area contributed by atoms with Crippen molar-refractivity contribution in [3.8, 4) is 5.75 Å². The van der Waals surface area contributed by atoms with Crippen molar-refractivity contribution in [2.24, 2.45) is 11.3 Å². The number of benzene rings is 2. The summed E-state index contributed by atoms with van der Waals surface area (Å²) in [6.45, 7) is 2.85. The summed E-state index contributed by atoms with van der Waals surface area (Å²) < 4.78 is 25.8. The van der Waals surface area contributed by atoms with E-state index < -0.39 is 5.82 Å². The lowest BCUT2D eigenvalue weighted by Crippen LogP contribution is -2.45. The maximum absolute atomic E-state index is 13.8. The smallest absolute Gasteiger partial charge is 0.248 e. The van der Waals surface area contributed by atoms with E-state index in [0.29, 0.717) is 63.9 Å². The number of nitrogens with zero attached hydrogens (tertiary/aromatic N) is 3. The molecule has 2 saturated carbocycles. The molecule has 4 fully saturated rings. The molecule has 2 saturated heterocycles. The highest BCUT2D eigenvalue weighted by molar-refractivity contribution is 6.31. The Balaban J connectivity index is 1.10. The quantitative estimate of drug-likeness (QED) is 0.244. The van der Waals surface area contributed by atoms with Crippen LogP contribution in [-0.2, 0) is 9.53 Å². The van der Waals surface area contributed by atoms with Gasteiger partial charge in [0.15, 0.2) is 0 Å². The summed E-state index contributed by atoms with van der Waals surface area (Å²) in [6.07, 6.45) is 16.4. The van der Waals surface area contributed by atoms with Gasteiger partial charge in [0, 0.05) is 41.8 Å². The van der Waals surface area contributed by atoms with Crippen LogP contribution in [-0.4, -0.2) is 59.2 Å². The monoisotopic (exact) mass is 619 g/mol. The van der Waals surface area contributed by atoms with Gasteiger partial charge in [-0.05, 0) is 74.1 Å². The van der Waals surface area contributed by atoms with Crippen molar-refractivity contribution in [3.05, 3.63) is 59.7 Å². The van der Waals surface area contributed by atoms with Crippen LogP contribution in [0.15, 0.2) is 48.8 Å². The molecule has 2 aromatic carbocycles. The molecule has 2 atom stereocenters. The first kappa shape index (κ1) is 29.4. The first-order valence-electron chi connectivity index (χ1n) is 15.9. The lowest BCUT2D eigenvalue weighted by molar-refractivity contribution is -0.112. The summed E-state index contributed by atoms with van der Waals surface area (Å²) in [5, 5.41) is 6.97. The summed E-state index contributed by atoms with van der Waals surface area (Å²) in [7, 11) is 0. The Morgan fingerprint density at radius 2 is 1.91 bits per heavy atom. The van der Waals surface area contributed by atoms with Gasteiger partial charge in [0.1, 0.15) is 23.7 Å². The average Bonchev–Trinajstić information content (AvgIpc) is 3.22. The number of amides is 1. The van der Waals surface area contributed by atoms with E-state index >= 15 is 0 Å². The molecular weight excluding hydrogens is 581 g/mol. The summed E-state index contributed by atoms with van der Waals surface area (Å²) in [5.74, 6) is 0.894. The predicted molar refractivity (Wildman–Crippen MR) is 170 cm³/mol. The second-order valence-electron chi connectivity index (χ2n) is 13.0. The third-order valence-corrected chi connectivity index (χ3v) is 10.3. The minimum atomic E-state index is -0.494. The summed E-state index contributed by atoms with van der Waals surface area (Å²) in [5.41, 5.74) is 2.33. The van der Waals surface area contributed by atoms with E-state index in [0.717, 1.165) is 32.6 Å². The fourth-order valence-electron chi connectivity index (χ4n) is 7.78. The van der Waals surface area contributed by atoms with E-state index in [9.17, 15) is 9.18 Å². The Hall–Kier alpha value is -3.27. The SMILES string of the molecule is O=C(/C=C/CN1C2CCC1COC2)Nc1cc2c(Nc3ccc(F)c(Cl)c3)ncnc2cc1OCC1CC2(CCCCC2)C1. The zero-order chi connectivity index (χ0) is 30.1. The van der Waals surface area contributed by atoms with Gasteiger partial charge in [-0.3, -0.25) is 9.69 Å². The standard InChI is InChI=1S/C34H39ClFN5O3/c35-27-13-23(6-9-28(27)36)39-33-26-14-30(40-32(42)5-4-12-41-24-7-8-25(41)20-43-19-24)31(15-29(26)37-21-38-33)44-18-22-16-34(17-22)10-2-1-3-11-34/h4-6,9,13-15,21-22,24-25H,1-3,7-8,10-12,16-20H2,(H,40,42)(H,37,38,39)/b5-4+. The van der Waals surface area contributed by atoms with E-state index in [1.165, 1.54) is 63.4 Å². The number of fused-ring (bicyclic) bond motifs is 3. The molecule has 1 spiro atoms. The van der Waals surface area contributed by atoms with Crippen molar-refractivity contribution < 1.29 is 18.7 Å². The maximum atomic E-state index is 13.8. The van der Waals surface area contributed by atoms with Gasteiger partial charge in [-0.1, -0.05) is 36.9 Å². The second-order valence-corrected chi connectivity index (χ2v) is 13.4. The minimum Gasteiger partial charge on any atom is -0.491 e. The summed E-state index contributed by atoms with van der Waals surface area (Å²) >= 11 is 6.01. The van der Waals surface area contributed by atoms with Crippen molar-refractivity contribution in [3.63, 3.8) is 0 Å². The molecule has 8 nitrogen and oxygen atoms in total. The number of anilines is 3. The molecule has 2 bridgehead atoms. The largest absolute Gasteiger partial charge is 0.491 e. The number of ether oxygens (including phenoxy) is 2. The van der Waals surface area contributed by atoms with Crippen LogP contribution < -0.4 is 15.4 Å². The molecule has 2 unspecified atom stereocenters. The number of nitrogens with one attached hydrogen (secondary N) is 2. The van der Waals surface area contributed by atoms with Crippen LogP contribution in [0.3, 0.4) is 0 Å². The molecule has 3 aromatic rings. The van der Waals surface area contributed by atoms with Gasteiger partial charge >= 0.3 is 0 Å². The van der Waals surface area contributed by atoms with Gasteiger partial charge in [-0.15, -0.1) is 0 Å². The van der Waals surface area contributed by atoms with E-state index in [-0.39, 0.29) is 10.9 Å². The molecule has 10 heteroatoms. The highest BCUT2D eigenvalue weighted by atomic mass is 35.5. The van der Waals surface area contributed by atoms with Crippen molar-refractivity contribution in [2.75, 3.05) is 37.0 Å². The van der Waals surface area contributed by atoms with Crippen LogP contribution in [0.4, 0.5) is 21.6 Å². The third-order valence-electron chi connectivity index (χ3n) is 9.99. The second kappa shape index (κ2) is 12.6. The molecule has 3 heterocycles. The first-order chi connectivity index (χ1) is 21.4. The first-order valence-corrected chi connectivity index (χ1v) is 16.3. The Morgan fingerprint density at radius 3 is 2.68 bits per heavy atom. The topological polar surface area (TPSA) is 88.6 Å². The minimum absolute atomic E-state index is 0.0138. The van der Waals surface area contributed by atoms with Gasteiger partial charge in [0.05, 0.1) is 36.0 Å². The maximum Gasteiger partial charge on any atom is 0.248 e. The number of rotatable bonds is 9. The molecule has 1 amide bonds. The molecule has 7 rings (SSSR count). The van der Waals surface area contributed by atoms with Gasteiger partial charge in [0.2, 0.25) is 5.91 Å². The predicted octanol–water partition coefficient (Wildman–Crippen LogP) is 7.26. The Labute approximate surface area is 262 Å². The number of carbonyl (C=O) groups excluding carboxylic acids is 1. The Bertz CT molecular complexity index is 1540. The highest BCUT2D eigenvalue weighted by Crippen LogP contribution is 2.54. The van der Waals surface area contributed by atoms with Crippen molar-refractivity contribution in [1.82, 2.24) is 14.9 Å². The fourth-order valence-corrected chi connectivity index (χ4v) is 7.96. The molecule has 2 aliphatic heterocycles. The number of aromatic nitrogens is 2. The zero-order valence-corrected chi connectivity index (χ0v) is 25.6. The number of hydrogen-bond acceptors (Lipinski definition) is 7. The zero-order valence-electron chi connectivity index (χ0n) is 24.9. The van der Waals surface area contributed by atoms with Crippen LogP contribution in [0, 0.1) is 17.2 Å². The normalized spacial score (nSPS) is 23.2. The summed E-state index contributed by atoms with van der Waals surface area (Å²) in [4.78, 5) is 24.5. The van der Waals surface area contributed by atoms with Gasteiger partial charge in [0.25, 0.3) is 0 Å². The lowest BCUT2D eigenvalue weighted by atomic mass is 9.56. The van der Waals surface area contributed by atoms with Crippen molar-refractivity contribution in [1.29, 1.82) is 0 Å². The number of halogens is 2. The fraction of sp³-hybridized carbons (Fsp3) is 0.500. The van der Waals surface area contributed by atoms with Crippen LogP contribution in [0.2, 0.25) is 5.02 Å². The van der Waals surface area contributed by atoms with E-state index in [1.807, 2.05) is 18.2 Å². The Kier molecular flexibility index (Phi) is 8.44. The van der Waals surface area contributed by atoms with E-state index in [1.54, 1.807) is 12.1 Å². The van der Waals surface area contributed by atoms with Crippen LogP contribution >= 0.6 is 11.6 Å². The molecule has 44 heavy (non-hydrogen) atoms. The number of morpholine rings is 1. The van der Waals surface area contributed by atoms with Gasteiger partial charge in [-0.25, -0.2) is 14.4 Å². The molecule has 1 aromatic heterocycles. The molecular formula is C34H39ClFN5O3. The average molecular weight is 620 g/mol. The number of carbonyl (C=O) groups is 1. The molecule has 4 aliphatic rings. The number of hydrogen-bond donors (Lipinski definition) is 2. The highest BCUT2D eigenvalue weighted by Gasteiger charge is 2.44. The van der Waals surface area contributed by atoms with Crippen LogP contribution in [0.5, 0.6) is 5.75 Å². The molecule has 232 valence electrons. The molecule has 2 aliphatic carbocycles. The molecule has 2 N–H and O–H groups in total. The van der Waals surface area contributed by atoms with Gasteiger partial charge < -0.3 is 20.1 Å². The van der Waals surface area contributed by atoms with E-state index in [2.05, 4.69) is 25.5 Å². The molecule has 0 radical (unpaired) electrons. The van der Waals surface area contributed by atoms with Crippen LogP contribution in [0.1, 0.15) is 57.8 Å². The van der Waals surface area contributed by atoms with Crippen LogP contribution in [0.25, 0.3) is 10.9 Å². The Morgan fingerprint density at radius 1 is 1.11 bits per heavy atom. The van der Waals surface area contributed by atoms with Crippen molar-refractivity contribution in [2.45, 2.75) is 69.9 Å². The third kappa shape index (κ3) is 6.28. The summed E-state index contributed by atoms with van der Waals surface area (Å²) in [6, 6.07) is 8.98.